The number of ether oxygens (including phenoxy) is 1. The topological polar surface area (TPSA) is 72.6 Å². The summed E-state index contributed by atoms with van der Waals surface area (Å²) in [6, 6.07) is 7.26. The van der Waals surface area contributed by atoms with E-state index in [1.807, 2.05) is 12.1 Å². The third kappa shape index (κ3) is 2.81. The number of nitrogens with two attached hydrogens (primary N) is 1. The summed E-state index contributed by atoms with van der Waals surface area (Å²) < 4.78 is 5.55. The van der Waals surface area contributed by atoms with E-state index in [0.29, 0.717) is 31.7 Å². The van der Waals surface area contributed by atoms with Crippen molar-refractivity contribution in [2.45, 2.75) is 19.4 Å². The van der Waals surface area contributed by atoms with Crippen molar-refractivity contribution in [2.24, 2.45) is 5.73 Å². The molecule has 5 nitrogen and oxygen atoms in total. The first-order valence-electron chi connectivity index (χ1n) is 8.30. The summed E-state index contributed by atoms with van der Waals surface area (Å²) in [6.45, 7) is 1.54. The van der Waals surface area contributed by atoms with Gasteiger partial charge in [-0.25, -0.2) is 0 Å². The number of primary amides is 1. The molecule has 134 valence electrons. The van der Waals surface area contributed by atoms with Gasteiger partial charge < -0.3 is 15.4 Å². The highest BCUT2D eigenvalue weighted by molar-refractivity contribution is 6.40. The molecule has 2 aliphatic rings. The van der Waals surface area contributed by atoms with Crippen molar-refractivity contribution >= 4 is 35.0 Å². The standard InChI is InChI=1S/C19H16Cl2N2O3/c20-14-7-12-9-23(5-3-13(12)17(21)16(14)18(22)24)19(25)11-2-1-10-4-6-26-15(10)8-11/h1-2,7-8H,3-6,9H2,(H2,22,24). The molecule has 0 aromatic heterocycles. The lowest BCUT2D eigenvalue weighted by atomic mass is 9.96. The Morgan fingerprint density at radius 1 is 1.12 bits per heavy atom. The maximum atomic E-state index is 12.9. The number of fused-ring (bicyclic) bond motifs is 2. The predicted molar refractivity (Wildman–Crippen MR) is 99.1 cm³/mol. The second-order valence-electron chi connectivity index (χ2n) is 6.45. The molecule has 2 N–H and O–H groups in total. The first-order chi connectivity index (χ1) is 12.5. The molecule has 26 heavy (non-hydrogen) atoms. The molecule has 2 aromatic carbocycles. The van der Waals surface area contributed by atoms with Gasteiger partial charge in [0.2, 0.25) is 0 Å². The minimum Gasteiger partial charge on any atom is -0.493 e. The normalized spacial score (nSPS) is 15.2. The Balaban J connectivity index is 1.62. The van der Waals surface area contributed by atoms with Gasteiger partial charge in [-0.1, -0.05) is 29.3 Å². The summed E-state index contributed by atoms with van der Waals surface area (Å²) in [5.41, 5.74) is 8.89. The summed E-state index contributed by atoms with van der Waals surface area (Å²) >= 11 is 12.5. The monoisotopic (exact) mass is 390 g/mol. The second-order valence-corrected chi connectivity index (χ2v) is 7.23. The van der Waals surface area contributed by atoms with Crippen LogP contribution in [0.1, 0.15) is 37.4 Å². The highest BCUT2D eigenvalue weighted by Crippen LogP contribution is 2.35. The van der Waals surface area contributed by atoms with Crippen molar-refractivity contribution in [3.63, 3.8) is 0 Å². The average molecular weight is 391 g/mol. The average Bonchev–Trinajstić information content (AvgIpc) is 3.07. The summed E-state index contributed by atoms with van der Waals surface area (Å²) in [7, 11) is 0. The maximum Gasteiger partial charge on any atom is 0.254 e. The Labute approximate surface area is 160 Å². The van der Waals surface area contributed by atoms with Crippen LogP contribution < -0.4 is 10.5 Å². The Morgan fingerprint density at radius 3 is 2.69 bits per heavy atom. The maximum absolute atomic E-state index is 12.9. The highest BCUT2D eigenvalue weighted by Gasteiger charge is 2.27. The van der Waals surface area contributed by atoms with Crippen LogP contribution in [0.4, 0.5) is 0 Å². The predicted octanol–water partition coefficient (Wildman–Crippen LogP) is 3.23. The minimum absolute atomic E-state index is 0.0693. The number of amides is 2. The lowest BCUT2D eigenvalue weighted by Gasteiger charge is -2.30. The summed E-state index contributed by atoms with van der Waals surface area (Å²) in [5, 5.41) is 0.500. The summed E-state index contributed by atoms with van der Waals surface area (Å²) in [4.78, 5) is 26.2. The van der Waals surface area contributed by atoms with Crippen LogP contribution in [0.25, 0.3) is 0 Å². The minimum atomic E-state index is -0.653. The van der Waals surface area contributed by atoms with Crippen molar-refractivity contribution in [2.75, 3.05) is 13.2 Å². The molecule has 0 fully saturated rings. The van der Waals surface area contributed by atoms with E-state index in [0.717, 1.165) is 28.9 Å². The number of hydrogen-bond acceptors (Lipinski definition) is 3. The van der Waals surface area contributed by atoms with Gasteiger partial charge in [0.25, 0.3) is 11.8 Å². The molecular formula is C19H16Cl2N2O3. The van der Waals surface area contributed by atoms with E-state index in [1.54, 1.807) is 17.0 Å². The van der Waals surface area contributed by atoms with Crippen LogP contribution in [0.15, 0.2) is 24.3 Å². The largest absolute Gasteiger partial charge is 0.493 e. The van der Waals surface area contributed by atoms with Gasteiger partial charge in [-0.3, -0.25) is 9.59 Å². The molecule has 0 radical (unpaired) electrons. The fraction of sp³-hybridized carbons (Fsp3) is 0.263. The molecule has 0 saturated carbocycles. The molecule has 2 heterocycles. The van der Waals surface area contributed by atoms with Gasteiger partial charge in [-0.15, -0.1) is 0 Å². The third-order valence-corrected chi connectivity index (χ3v) is 5.60. The first kappa shape index (κ1) is 17.2. The second kappa shape index (κ2) is 6.49. The molecule has 2 amide bonds. The molecule has 0 atom stereocenters. The molecule has 0 bridgehead atoms. The van der Waals surface area contributed by atoms with Crippen LogP contribution in [-0.4, -0.2) is 29.9 Å². The molecule has 7 heteroatoms. The van der Waals surface area contributed by atoms with E-state index in [9.17, 15) is 9.59 Å². The van der Waals surface area contributed by atoms with Crippen LogP contribution >= 0.6 is 23.2 Å². The van der Waals surface area contributed by atoms with E-state index in [4.69, 9.17) is 33.7 Å². The number of hydrogen-bond donors (Lipinski definition) is 1. The van der Waals surface area contributed by atoms with E-state index in [2.05, 4.69) is 0 Å². The Hall–Kier alpha value is -2.24. The van der Waals surface area contributed by atoms with Crippen LogP contribution in [0, 0.1) is 0 Å². The fourth-order valence-corrected chi connectivity index (χ4v) is 4.31. The van der Waals surface area contributed by atoms with Crippen molar-refractivity contribution in [3.8, 4) is 5.75 Å². The Kier molecular flexibility index (Phi) is 4.29. The van der Waals surface area contributed by atoms with Gasteiger partial charge >= 0.3 is 0 Å². The van der Waals surface area contributed by atoms with E-state index in [-0.39, 0.29) is 21.5 Å². The first-order valence-corrected chi connectivity index (χ1v) is 9.06. The fourth-order valence-electron chi connectivity index (χ4n) is 3.53. The van der Waals surface area contributed by atoms with Crippen molar-refractivity contribution in [1.82, 2.24) is 4.90 Å². The lowest BCUT2D eigenvalue weighted by Crippen LogP contribution is -2.36. The van der Waals surface area contributed by atoms with Crippen LogP contribution in [0.2, 0.25) is 10.0 Å². The molecule has 0 spiro atoms. The highest BCUT2D eigenvalue weighted by atomic mass is 35.5. The van der Waals surface area contributed by atoms with Crippen LogP contribution in [0.5, 0.6) is 5.75 Å². The molecule has 2 aromatic rings. The van der Waals surface area contributed by atoms with Gasteiger partial charge in [0.05, 0.1) is 22.2 Å². The van der Waals surface area contributed by atoms with Gasteiger partial charge in [-0.05, 0) is 41.3 Å². The van der Waals surface area contributed by atoms with Crippen molar-refractivity contribution in [1.29, 1.82) is 0 Å². The molecule has 0 unspecified atom stereocenters. The quantitative estimate of drug-likeness (QED) is 0.855. The van der Waals surface area contributed by atoms with Gasteiger partial charge in [0.1, 0.15) is 5.75 Å². The van der Waals surface area contributed by atoms with Gasteiger partial charge in [-0.2, -0.15) is 0 Å². The van der Waals surface area contributed by atoms with Crippen LogP contribution in [0.3, 0.4) is 0 Å². The van der Waals surface area contributed by atoms with E-state index >= 15 is 0 Å². The molecule has 0 saturated heterocycles. The van der Waals surface area contributed by atoms with Gasteiger partial charge in [0.15, 0.2) is 0 Å². The zero-order valence-electron chi connectivity index (χ0n) is 13.9. The van der Waals surface area contributed by atoms with E-state index < -0.39 is 5.91 Å². The number of carbonyl (C=O) groups is 2. The lowest BCUT2D eigenvalue weighted by molar-refractivity contribution is 0.0734. The number of rotatable bonds is 2. The smallest absolute Gasteiger partial charge is 0.254 e. The molecule has 4 rings (SSSR count). The molecule has 2 aliphatic heterocycles. The Morgan fingerprint density at radius 2 is 1.92 bits per heavy atom. The molecule has 0 aliphatic carbocycles. The van der Waals surface area contributed by atoms with Crippen molar-refractivity contribution in [3.05, 3.63) is 62.1 Å². The summed E-state index contributed by atoms with van der Waals surface area (Å²) in [6.07, 6.45) is 1.42. The number of carbonyl (C=O) groups excluding carboxylic acids is 2. The SMILES string of the molecule is NC(=O)c1c(Cl)cc2c(c1Cl)CCN(C(=O)c1ccc3c(c1)OCC3)C2. The van der Waals surface area contributed by atoms with E-state index in [1.165, 1.54) is 0 Å². The molecular weight excluding hydrogens is 375 g/mol. The third-order valence-electron chi connectivity index (χ3n) is 4.88. The summed E-state index contributed by atoms with van der Waals surface area (Å²) in [5.74, 6) is 0.0602. The Bertz CT molecular complexity index is 943. The number of nitrogens with zero attached hydrogens (tertiary/aromatic N) is 1. The number of benzene rings is 2. The number of halogens is 2. The zero-order chi connectivity index (χ0) is 18.4. The van der Waals surface area contributed by atoms with Crippen molar-refractivity contribution < 1.29 is 14.3 Å². The van der Waals surface area contributed by atoms with Crippen LogP contribution in [-0.2, 0) is 19.4 Å². The zero-order valence-corrected chi connectivity index (χ0v) is 15.4. The van der Waals surface area contributed by atoms with Gasteiger partial charge in [0, 0.05) is 25.1 Å².